The summed E-state index contributed by atoms with van der Waals surface area (Å²) < 4.78 is 1.04. The van der Waals surface area contributed by atoms with Gasteiger partial charge in [0.2, 0.25) is 5.95 Å². The standard InChI is InChI=1S/C11H12BrN5/c1-6-7-5-15-11(13-2)16-9(7)17-4-3-14-10(17)8(6)12/h5H,3-4H2,1-2H3,(H,13,15,16). The van der Waals surface area contributed by atoms with Gasteiger partial charge in [-0.3, -0.25) is 4.99 Å². The van der Waals surface area contributed by atoms with Crippen molar-refractivity contribution in [3.05, 3.63) is 16.2 Å². The van der Waals surface area contributed by atoms with E-state index in [-0.39, 0.29) is 0 Å². The van der Waals surface area contributed by atoms with E-state index in [1.165, 1.54) is 0 Å². The Bertz CT molecular complexity index is 549. The molecule has 2 aliphatic heterocycles. The highest BCUT2D eigenvalue weighted by Crippen LogP contribution is 2.38. The number of nitrogens with zero attached hydrogens (tertiary/aromatic N) is 4. The normalized spacial score (nSPS) is 17.8. The van der Waals surface area contributed by atoms with E-state index in [1.54, 1.807) is 0 Å². The largest absolute Gasteiger partial charge is 0.357 e. The number of rotatable bonds is 1. The second-order valence-electron chi connectivity index (χ2n) is 3.98. The molecule has 0 spiro atoms. The zero-order chi connectivity index (χ0) is 12.0. The van der Waals surface area contributed by atoms with E-state index in [4.69, 9.17) is 0 Å². The maximum Gasteiger partial charge on any atom is 0.224 e. The number of halogens is 1. The summed E-state index contributed by atoms with van der Waals surface area (Å²) in [6, 6.07) is 0. The zero-order valence-electron chi connectivity index (χ0n) is 9.66. The summed E-state index contributed by atoms with van der Waals surface area (Å²) in [7, 11) is 1.82. The highest BCUT2D eigenvalue weighted by atomic mass is 79.9. The summed E-state index contributed by atoms with van der Waals surface area (Å²) >= 11 is 3.60. The van der Waals surface area contributed by atoms with Crippen LogP contribution in [0.4, 0.5) is 11.8 Å². The summed E-state index contributed by atoms with van der Waals surface area (Å²) in [5.41, 5.74) is 2.20. The topological polar surface area (TPSA) is 53.4 Å². The quantitative estimate of drug-likeness (QED) is 0.859. The molecule has 0 bridgehead atoms. The van der Waals surface area contributed by atoms with Crippen LogP contribution in [0.25, 0.3) is 5.57 Å². The molecular weight excluding hydrogens is 282 g/mol. The molecule has 0 saturated heterocycles. The molecular formula is C11H12BrN5. The van der Waals surface area contributed by atoms with E-state index in [0.717, 1.165) is 40.4 Å². The van der Waals surface area contributed by atoms with Gasteiger partial charge in [0.05, 0.1) is 11.0 Å². The first-order valence-electron chi connectivity index (χ1n) is 5.46. The van der Waals surface area contributed by atoms with E-state index in [9.17, 15) is 0 Å². The molecule has 0 saturated carbocycles. The lowest BCUT2D eigenvalue weighted by molar-refractivity contribution is 0.982. The fourth-order valence-electron chi connectivity index (χ4n) is 2.09. The van der Waals surface area contributed by atoms with Crippen molar-refractivity contribution < 1.29 is 0 Å². The van der Waals surface area contributed by atoms with Gasteiger partial charge < -0.3 is 10.2 Å². The van der Waals surface area contributed by atoms with Crippen LogP contribution in [0.1, 0.15) is 12.5 Å². The lowest BCUT2D eigenvalue weighted by Gasteiger charge is -2.27. The van der Waals surface area contributed by atoms with Gasteiger partial charge in [0.1, 0.15) is 11.7 Å². The van der Waals surface area contributed by atoms with Crippen LogP contribution in [0.15, 0.2) is 15.7 Å². The summed E-state index contributed by atoms with van der Waals surface area (Å²) in [6.45, 7) is 3.75. The third-order valence-corrected chi connectivity index (χ3v) is 3.97. The number of aromatic nitrogens is 2. The van der Waals surface area contributed by atoms with Crippen molar-refractivity contribution in [2.75, 3.05) is 30.4 Å². The predicted molar refractivity (Wildman–Crippen MR) is 72.7 cm³/mol. The van der Waals surface area contributed by atoms with E-state index in [2.05, 4.69) is 48.0 Å². The van der Waals surface area contributed by atoms with Crippen LogP contribution in [0.5, 0.6) is 0 Å². The van der Waals surface area contributed by atoms with E-state index in [1.807, 2.05) is 13.2 Å². The Morgan fingerprint density at radius 3 is 3.06 bits per heavy atom. The van der Waals surface area contributed by atoms with Gasteiger partial charge in [-0.05, 0) is 28.4 Å². The van der Waals surface area contributed by atoms with Crippen molar-refractivity contribution in [2.24, 2.45) is 4.99 Å². The maximum absolute atomic E-state index is 4.53. The Balaban J connectivity index is 2.23. The van der Waals surface area contributed by atoms with Gasteiger partial charge >= 0.3 is 0 Å². The number of nitrogens with one attached hydrogen (secondary N) is 1. The first kappa shape index (κ1) is 10.7. The van der Waals surface area contributed by atoms with Crippen LogP contribution >= 0.6 is 15.9 Å². The van der Waals surface area contributed by atoms with Gasteiger partial charge in [0, 0.05) is 25.4 Å². The second-order valence-corrected chi connectivity index (χ2v) is 4.77. The van der Waals surface area contributed by atoms with Gasteiger partial charge in [-0.2, -0.15) is 4.98 Å². The molecule has 1 N–H and O–H groups in total. The van der Waals surface area contributed by atoms with E-state index < -0.39 is 0 Å². The molecule has 0 radical (unpaired) electrons. The fourth-order valence-corrected chi connectivity index (χ4v) is 2.64. The van der Waals surface area contributed by atoms with Crippen LogP contribution < -0.4 is 10.2 Å². The highest BCUT2D eigenvalue weighted by molar-refractivity contribution is 9.12. The minimum absolute atomic E-state index is 0.640. The summed E-state index contributed by atoms with van der Waals surface area (Å²) in [5.74, 6) is 2.57. The molecule has 1 aromatic heterocycles. The average molecular weight is 294 g/mol. The first-order chi connectivity index (χ1) is 8.22. The molecule has 0 aliphatic carbocycles. The van der Waals surface area contributed by atoms with Crippen LogP contribution in [-0.4, -0.2) is 35.9 Å². The Hall–Kier alpha value is -1.43. The molecule has 1 aromatic rings. The predicted octanol–water partition coefficient (Wildman–Crippen LogP) is 1.88. The average Bonchev–Trinajstić information content (AvgIpc) is 2.84. The summed E-state index contributed by atoms with van der Waals surface area (Å²) in [5, 5.41) is 2.97. The summed E-state index contributed by atoms with van der Waals surface area (Å²) in [4.78, 5) is 15.4. The number of anilines is 2. The number of aliphatic imine (C=N–C) groups is 1. The number of amidine groups is 1. The molecule has 5 nitrogen and oxygen atoms in total. The first-order valence-corrected chi connectivity index (χ1v) is 6.25. The van der Waals surface area contributed by atoms with E-state index in [0.29, 0.717) is 5.95 Å². The number of hydrogen-bond acceptors (Lipinski definition) is 5. The number of hydrogen-bond donors (Lipinski definition) is 1. The van der Waals surface area contributed by atoms with Crippen LogP contribution in [0.2, 0.25) is 0 Å². The van der Waals surface area contributed by atoms with Crippen molar-refractivity contribution in [2.45, 2.75) is 6.92 Å². The zero-order valence-corrected chi connectivity index (χ0v) is 11.2. The van der Waals surface area contributed by atoms with Crippen molar-refractivity contribution in [1.29, 1.82) is 0 Å². The number of allylic oxidation sites excluding steroid dienone is 1. The Morgan fingerprint density at radius 1 is 1.47 bits per heavy atom. The number of fused-ring (bicyclic) bond motifs is 3. The van der Waals surface area contributed by atoms with Gasteiger partial charge in [-0.25, -0.2) is 4.98 Å². The molecule has 0 fully saturated rings. The van der Waals surface area contributed by atoms with Crippen LogP contribution in [-0.2, 0) is 0 Å². The lowest BCUT2D eigenvalue weighted by Crippen LogP contribution is -2.32. The molecule has 0 aromatic carbocycles. The second kappa shape index (κ2) is 3.80. The van der Waals surface area contributed by atoms with Gasteiger partial charge in [0.25, 0.3) is 0 Å². The SMILES string of the molecule is CNc1ncc2c(n1)N1CCN=C1C(Br)=C2C. The van der Waals surface area contributed by atoms with Gasteiger partial charge in [0.15, 0.2) is 0 Å². The van der Waals surface area contributed by atoms with Crippen molar-refractivity contribution >= 4 is 39.1 Å². The highest BCUT2D eigenvalue weighted by Gasteiger charge is 2.31. The molecule has 3 rings (SSSR count). The maximum atomic E-state index is 4.53. The Morgan fingerprint density at radius 2 is 2.29 bits per heavy atom. The fraction of sp³-hybridized carbons (Fsp3) is 0.364. The molecule has 6 heteroatoms. The molecule has 0 amide bonds. The molecule has 17 heavy (non-hydrogen) atoms. The minimum Gasteiger partial charge on any atom is -0.357 e. The molecule has 88 valence electrons. The molecule has 2 aliphatic rings. The monoisotopic (exact) mass is 293 g/mol. The minimum atomic E-state index is 0.640. The van der Waals surface area contributed by atoms with Crippen molar-refractivity contribution in [3.8, 4) is 0 Å². The smallest absolute Gasteiger partial charge is 0.224 e. The Labute approximate surface area is 108 Å². The van der Waals surface area contributed by atoms with Gasteiger partial charge in [-0.15, -0.1) is 0 Å². The van der Waals surface area contributed by atoms with Crippen molar-refractivity contribution in [1.82, 2.24) is 9.97 Å². The Kier molecular flexibility index (Phi) is 2.39. The van der Waals surface area contributed by atoms with E-state index >= 15 is 0 Å². The van der Waals surface area contributed by atoms with Crippen LogP contribution in [0, 0.1) is 0 Å². The van der Waals surface area contributed by atoms with Crippen molar-refractivity contribution in [3.63, 3.8) is 0 Å². The molecule has 0 atom stereocenters. The summed E-state index contributed by atoms with van der Waals surface area (Å²) in [6.07, 6.45) is 1.86. The third-order valence-electron chi connectivity index (χ3n) is 3.02. The third kappa shape index (κ3) is 1.47. The molecule has 0 unspecified atom stereocenters. The molecule has 3 heterocycles. The lowest BCUT2D eigenvalue weighted by atomic mass is 10.1. The van der Waals surface area contributed by atoms with Gasteiger partial charge in [-0.1, -0.05) is 0 Å². The van der Waals surface area contributed by atoms with Crippen LogP contribution in [0.3, 0.4) is 0 Å².